The molecule has 2 rings (SSSR count). The standard InChI is InChI=1S/C11H14N4O4/c1-11(2,6-16)5-12-7-3-4-8(15(17)18)10-9(7)13-19-14-10/h3-4,12,16H,5-6H2,1-2H3. The van der Waals surface area contributed by atoms with Crippen LogP contribution in [0.5, 0.6) is 0 Å². The maximum Gasteiger partial charge on any atom is 0.300 e. The van der Waals surface area contributed by atoms with Crippen LogP contribution in [0, 0.1) is 15.5 Å². The third-order valence-corrected chi connectivity index (χ3v) is 2.78. The van der Waals surface area contributed by atoms with Crippen molar-refractivity contribution >= 4 is 22.4 Å². The van der Waals surface area contributed by atoms with Crippen molar-refractivity contribution in [1.82, 2.24) is 10.3 Å². The highest BCUT2D eigenvalue weighted by Crippen LogP contribution is 2.29. The van der Waals surface area contributed by atoms with Gasteiger partial charge in [0.15, 0.2) is 5.52 Å². The topological polar surface area (TPSA) is 114 Å². The van der Waals surface area contributed by atoms with Gasteiger partial charge in [0, 0.05) is 24.6 Å². The first-order chi connectivity index (χ1) is 8.94. The van der Waals surface area contributed by atoms with Crippen LogP contribution >= 0.6 is 0 Å². The average Bonchev–Trinajstić information content (AvgIpc) is 2.84. The number of non-ortho nitro benzene ring substituents is 1. The first-order valence-corrected chi connectivity index (χ1v) is 5.69. The summed E-state index contributed by atoms with van der Waals surface area (Å²) in [6.07, 6.45) is 0. The lowest BCUT2D eigenvalue weighted by Crippen LogP contribution is -2.26. The lowest BCUT2D eigenvalue weighted by atomic mass is 9.95. The minimum atomic E-state index is -0.534. The molecule has 0 radical (unpaired) electrons. The summed E-state index contributed by atoms with van der Waals surface area (Å²) in [6, 6.07) is 2.90. The van der Waals surface area contributed by atoms with Gasteiger partial charge >= 0.3 is 5.69 Å². The van der Waals surface area contributed by atoms with E-state index in [4.69, 9.17) is 0 Å². The zero-order chi connectivity index (χ0) is 14.0. The molecule has 102 valence electrons. The number of nitro groups is 1. The maximum atomic E-state index is 10.8. The highest BCUT2D eigenvalue weighted by Gasteiger charge is 2.21. The second-order valence-corrected chi connectivity index (χ2v) is 5.03. The monoisotopic (exact) mass is 266 g/mol. The second kappa shape index (κ2) is 4.81. The van der Waals surface area contributed by atoms with Crippen molar-refractivity contribution in [3.8, 4) is 0 Å². The van der Waals surface area contributed by atoms with Gasteiger partial charge in [0.2, 0.25) is 5.52 Å². The molecule has 8 heteroatoms. The summed E-state index contributed by atoms with van der Waals surface area (Å²) in [4.78, 5) is 10.3. The number of aliphatic hydroxyl groups is 1. The van der Waals surface area contributed by atoms with E-state index in [-0.39, 0.29) is 23.2 Å². The Morgan fingerprint density at radius 3 is 2.74 bits per heavy atom. The van der Waals surface area contributed by atoms with E-state index in [2.05, 4.69) is 20.3 Å². The lowest BCUT2D eigenvalue weighted by molar-refractivity contribution is -0.383. The lowest BCUT2D eigenvalue weighted by Gasteiger charge is -2.22. The molecule has 0 bridgehead atoms. The van der Waals surface area contributed by atoms with E-state index < -0.39 is 4.92 Å². The number of aliphatic hydroxyl groups excluding tert-OH is 1. The number of anilines is 1. The van der Waals surface area contributed by atoms with Crippen LogP contribution in [0.2, 0.25) is 0 Å². The Balaban J connectivity index is 2.33. The molecule has 1 aromatic carbocycles. The average molecular weight is 266 g/mol. The molecular weight excluding hydrogens is 252 g/mol. The van der Waals surface area contributed by atoms with Gasteiger partial charge in [-0.15, -0.1) is 0 Å². The van der Waals surface area contributed by atoms with Crippen molar-refractivity contribution in [3.63, 3.8) is 0 Å². The van der Waals surface area contributed by atoms with E-state index in [0.29, 0.717) is 17.7 Å². The summed E-state index contributed by atoms with van der Waals surface area (Å²) in [6.45, 7) is 4.30. The largest absolute Gasteiger partial charge is 0.396 e. The van der Waals surface area contributed by atoms with Crippen LogP contribution < -0.4 is 5.32 Å². The first-order valence-electron chi connectivity index (χ1n) is 5.69. The molecular formula is C11H14N4O4. The van der Waals surface area contributed by atoms with Gasteiger partial charge in [-0.3, -0.25) is 10.1 Å². The van der Waals surface area contributed by atoms with Crippen LogP contribution in [0.3, 0.4) is 0 Å². The number of hydrogen-bond acceptors (Lipinski definition) is 7. The molecule has 0 aliphatic carbocycles. The van der Waals surface area contributed by atoms with Gasteiger partial charge in [-0.05, 0) is 16.4 Å². The van der Waals surface area contributed by atoms with Crippen molar-refractivity contribution in [3.05, 3.63) is 22.2 Å². The van der Waals surface area contributed by atoms with E-state index in [0.717, 1.165) is 0 Å². The Morgan fingerprint density at radius 2 is 2.11 bits per heavy atom. The zero-order valence-electron chi connectivity index (χ0n) is 10.6. The van der Waals surface area contributed by atoms with E-state index >= 15 is 0 Å². The molecule has 0 unspecified atom stereocenters. The highest BCUT2D eigenvalue weighted by atomic mass is 16.6. The third kappa shape index (κ3) is 2.63. The second-order valence-electron chi connectivity index (χ2n) is 5.03. The van der Waals surface area contributed by atoms with E-state index in [9.17, 15) is 15.2 Å². The van der Waals surface area contributed by atoms with E-state index in [1.807, 2.05) is 13.8 Å². The summed E-state index contributed by atoms with van der Waals surface area (Å²) in [5.41, 5.74) is 0.539. The molecule has 0 spiro atoms. The molecule has 0 atom stereocenters. The normalized spacial score (nSPS) is 11.7. The number of aromatic nitrogens is 2. The summed E-state index contributed by atoms with van der Waals surface area (Å²) in [5.74, 6) is 0. The smallest absolute Gasteiger partial charge is 0.300 e. The SMILES string of the molecule is CC(C)(CO)CNc1ccc([N+](=O)[O-])c2nonc12. The van der Waals surface area contributed by atoms with Crippen LogP contribution in [0.15, 0.2) is 16.8 Å². The first kappa shape index (κ1) is 13.2. The minimum Gasteiger partial charge on any atom is -0.396 e. The highest BCUT2D eigenvalue weighted by molar-refractivity contribution is 5.93. The minimum absolute atomic E-state index is 0.0210. The van der Waals surface area contributed by atoms with Crippen molar-refractivity contribution in [2.24, 2.45) is 5.41 Å². The number of rotatable bonds is 5. The molecule has 0 aliphatic heterocycles. The van der Waals surface area contributed by atoms with Gasteiger partial charge < -0.3 is 10.4 Å². The Bertz CT molecular complexity index is 608. The summed E-state index contributed by atoms with van der Waals surface area (Å²) in [5, 5.41) is 30.3. The summed E-state index contributed by atoms with van der Waals surface area (Å²) in [7, 11) is 0. The molecule has 2 N–H and O–H groups in total. The van der Waals surface area contributed by atoms with Gasteiger partial charge in [-0.1, -0.05) is 13.8 Å². The van der Waals surface area contributed by atoms with Crippen LogP contribution in [-0.2, 0) is 0 Å². The maximum absolute atomic E-state index is 10.8. The van der Waals surface area contributed by atoms with Gasteiger partial charge in [-0.25, -0.2) is 4.63 Å². The van der Waals surface area contributed by atoms with E-state index in [1.54, 1.807) is 6.07 Å². The summed E-state index contributed by atoms with van der Waals surface area (Å²) < 4.78 is 4.56. The molecule has 19 heavy (non-hydrogen) atoms. The molecule has 1 heterocycles. The molecule has 1 aromatic heterocycles. The summed E-state index contributed by atoms with van der Waals surface area (Å²) >= 11 is 0. The molecule has 0 saturated heterocycles. The molecule has 2 aromatic rings. The number of nitrogens with one attached hydrogen (secondary N) is 1. The van der Waals surface area contributed by atoms with Crippen LogP contribution in [-0.4, -0.2) is 33.5 Å². The van der Waals surface area contributed by atoms with Crippen LogP contribution in [0.25, 0.3) is 11.0 Å². The molecule has 0 saturated carbocycles. The molecule has 8 nitrogen and oxygen atoms in total. The van der Waals surface area contributed by atoms with Crippen molar-refractivity contribution in [2.75, 3.05) is 18.5 Å². The predicted octanol–water partition coefficient (Wildman–Crippen LogP) is 1.56. The van der Waals surface area contributed by atoms with Gasteiger partial charge in [0.1, 0.15) is 0 Å². The number of benzene rings is 1. The van der Waals surface area contributed by atoms with Crippen LogP contribution in [0.4, 0.5) is 11.4 Å². The third-order valence-electron chi connectivity index (χ3n) is 2.78. The molecule has 0 fully saturated rings. The van der Waals surface area contributed by atoms with Crippen molar-refractivity contribution in [1.29, 1.82) is 0 Å². The number of nitro benzene ring substituents is 1. The van der Waals surface area contributed by atoms with Crippen molar-refractivity contribution in [2.45, 2.75) is 13.8 Å². The Labute approximate surface area is 108 Å². The fraction of sp³-hybridized carbons (Fsp3) is 0.455. The van der Waals surface area contributed by atoms with Crippen LogP contribution in [0.1, 0.15) is 13.8 Å². The predicted molar refractivity (Wildman–Crippen MR) is 67.8 cm³/mol. The van der Waals surface area contributed by atoms with Gasteiger partial charge in [0.25, 0.3) is 0 Å². The molecule has 0 aliphatic rings. The Morgan fingerprint density at radius 1 is 1.42 bits per heavy atom. The molecule has 0 amide bonds. The Kier molecular flexibility index (Phi) is 3.34. The Hall–Kier alpha value is -2.22. The number of fused-ring (bicyclic) bond motifs is 1. The zero-order valence-corrected chi connectivity index (χ0v) is 10.6. The quantitative estimate of drug-likeness (QED) is 0.623. The number of hydrogen-bond donors (Lipinski definition) is 2. The van der Waals surface area contributed by atoms with Gasteiger partial charge in [0.05, 0.1) is 10.6 Å². The fourth-order valence-corrected chi connectivity index (χ4v) is 1.53. The van der Waals surface area contributed by atoms with E-state index in [1.165, 1.54) is 6.07 Å². The number of nitrogens with zero attached hydrogens (tertiary/aromatic N) is 3. The fourth-order valence-electron chi connectivity index (χ4n) is 1.53. The van der Waals surface area contributed by atoms with Gasteiger partial charge in [-0.2, -0.15) is 0 Å². The van der Waals surface area contributed by atoms with Crippen molar-refractivity contribution < 1.29 is 14.7 Å².